The van der Waals surface area contributed by atoms with Crippen LogP contribution in [0.3, 0.4) is 0 Å². The molecule has 5 rings (SSSR count). The van der Waals surface area contributed by atoms with Crippen molar-refractivity contribution in [2.24, 2.45) is 0 Å². The number of anilines is 3. The van der Waals surface area contributed by atoms with Crippen molar-refractivity contribution in [3.63, 3.8) is 0 Å². The Bertz CT molecular complexity index is 1260. The summed E-state index contributed by atoms with van der Waals surface area (Å²) in [5.74, 6) is 2.16. The van der Waals surface area contributed by atoms with Gasteiger partial charge in [-0.1, -0.05) is 29.8 Å². The molecule has 2 aromatic heterocycles. The van der Waals surface area contributed by atoms with Gasteiger partial charge in [-0.25, -0.2) is 4.68 Å². The summed E-state index contributed by atoms with van der Waals surface area (Å²) >= 11 is 0. The van der Waals surface area contributed by atoms with Gasteiger partial charge in [-0.2, -0.15) is 15.1 Å². The Morgan fingerprint density at radius 3 is 2.62 bits per heavy atom. The van der Waals surface area contributed by atoms with Gasteiger partial charge in [0.1, 0.15) is 11.6 Å². The smallest absolute Gasteiger partial charge is 0.226 e. The molecule has 174 valence electrons. The van der Waals surface area contributed by atoms with Crippen LogP contribution in [0.15, 0.2) is 72.4 Å². The maximum Gasteiger partial charge on any atom is 0.226 e. The molecule has 2 heterocycles. The van der Waals surface area contributed by atoms with Crippen LogP contribution in [-0.4, -0.2) is 32.9 Å². The zero-order valence-corrected chi connectivity index (χ0v) is 19.5. The lowest BCUT2D eigenvalue weighted by Gasteiger charge is -2.14. The van der Waals surface area contributed by atoms with Gasteiger partial charge in [-0.3, -0.25) is 0 Å². The third-order valence-corrected chi connectivity index (χ3v) is 5.97. The number of rotatable bonds is 9. The zero-order chi connectivity index (χ0) is 23.2. The van der Waals surface area contributed by atoms with E-state index in [1.165, 1.54) is 31.3 Å². The number of aromatic nitrogens is 4. The van der Waals surface area contributed by atoms with Crippen LogP contribution < -0.4 is 15.4 Å². The molecule has 0 saturated carbocycles. The lowest BCUT2D eigenvalue weighted by atomic mass is 9.97. The summed E-state index contributed by atoms with van der Waals surface area (Å²) in [6, 6.07) is 17.9. The molecule has 0 spiro atoms. The van der Waals surface area contributed by atoms with E-state index >= 15 is 0 Å². The lowest BCUT2D eigenvalue weighted by molar-refractivity contribution is 0.340. The molecule has 0 bridgehead atoms. The van der Waals surface area contributed by atoms with Crippen molar-refractivity contribution in [2.75, 3.05) is 23.8 Å². The SMILES string of the molecule is CCOc1ccc(Nc2nc(NCCC3=CCCCC3)nc3c2cnn3-c2ccccc2)cc1. The fourth-order valence-electron chi connectivity index (χ4n) is 4.24. The van der Waals surface area contributed by atoms with Crippen LogP contribution in [0.5, 0.6) is 5.75 Å². The van der Waals surface area contributed by atoms with Crippen LogP contribution in [-0.2, 0) is 0 Å². The van der Waals surface area contributed by atoms with Gasteiger partial charge in [-0.05, 0) is 75.4 Å². The van der Waals surface area contributed by atoms with Crippen LogP contribution in [0.1, 0.15) is 39.0 Å². The molecule has 7 heteroatoms. The van der Waals surface area contributed by atoms with Crippen LogP contribution in [0, 0.1) is 0 Å². The molecular weight excluding hydrogens is 424 g/mol. The average Bonchev–Trinajstić information content (AvgIpc) is 3.31. The van der Waals surface area contributed by atoms with E-state index in [2.05, 4.69) is 21.8 Å². The number of benzene rings is 2. The number of fused-ring (bicyclic) bond motifs is 1. The van der Waals surface area contributed by atoms with Crippen molar-refractivity contribution < 1.29 is 4.74 Å². The monoisotopic (exact) mass is 454 g/mol. The first-order valence-corrected chi connectivity index (χ1v) is 12.0. The number of hydrogen-bond donors (Lipinski definition) is 2. The lowest BCUT2D eigenvalue weighted by Crippen LogP contribution is -2.09. The molecule has 0 saturated heterocycles. The largest absolute Gasteiger partial charge is 0.494 e. The van der Waals surface area contributed by atoms with Gasteiger partial charge in [-0.15, -0.1) is 0 Å². The van der Waals surface area contributed by atoms with Gasteiger partial charge >= 0.3 is 0 Å². The van der Waals surface area contributed by atoms with Gasteiger partial charge in [0, 0.05) is 12.2 Å². The Morgan fingerprint density at radius 2 is 1.85 bits per heavy atom. The highest BCUT2D eigenvalue weighted by Gasteiger charge is 2.15. The summed E-state index contributed by atoms with van der Waals surface area (Å²) in [4.78, 5) is 9.64. The molecular formula is C27H30N6O. The van der Waals surface area contributed by atoms with Crippen LogP contribution >= 0.6 is 0 Å². The van der Waals surface area contributed by atoms with Crippen LogP contribution in [0.4, 0.5) is 17.5 Å². The second kappa shape index (κ2) is 10.4. The summed E-state index contributed by atoms with van der Waals surface area (Å²) in [7, 11) is 0. The normalized spacial score (nSPS) is 13.5. The first-order chi connectivity index (χ1) is 16.8. The topological polar surface area (TPSA) is 76.9 Å². The Kier molecular flexibility index (Phi) is 6.70. The maximum absolute atomic E-state index is 5.57. The first-order valence-electron chi connectivity index (χ1n) is 12.0. The molecule has 0 fully saturated rings. The molecule has 0 atom stereocenters. The molecule has 0 aliphatic heterocycles. The number of nitrogens with one attached hydrogen (secondary N) is 2. The fraction of sp³-hybridized carbons (Fsp3) is 0.296. The Hall–Kier alpha value is -3.87. The standard InChI is InChI=1S/C27H30N6O/c1-2-34-23-15-13-21(14-16-23)30-25-24-19-29-33(22-11-7-4-8-12-22)26(24)32-27(31-25)28-18-17-20-9-5-3-6-10-20/h4,7-9,11-16,19H,2-3,5-6,10,17-18H2,1H3,(H2,28,30,31,32). The minimum atomic E-state index is 0.593. The fourth-order valence-corrected chi connectivity index (χ4v) is 4.24. The minimum Gasteiger partial charge on any atom is -0.494 e. The van der Waals surface area contributed by atoms with Crippen molar-refractivity contribution in [3.8, 4) is 11.4 Å². The van der Waals surface area contributed by atoms with Gasteiger partial charge in [0.05, 0.1) is 23.9 Å². The summed E-state index contributed by atoms with van der Waals surface area (Å²) in [6.45, 7) is 3.43. The van der Waals surface area contributed by atoms with Gasteiger partial charge in [0.2, 0.25) is 5.95 Å². The molecule has 0 amide bonds. The Balaban J connectivity index is 1.45. The first kappa shape index (κ1) is 21.9. The molecule has 2 N–H and O–H groups in total. The predicted octanol–water partition coefficient (Wildman–Crippen LogP) is 6.26. The minimum absolute atomic E-state index is 0.593. The second-order valence-corrected chi connectivity index (χ2v) is 8.39. The molecule has 4 aromatic rings. The molecule has 0 radical (unpaired) electrons. The van der Waals surface area contributed by atoms with Crippen molar-refractivity contribution in [1.82, 2.24) is 19.7 Å². The molecule has 1 aliphatic rings. The third-order valence-electron chi connectivity index (χ3n) is 5.97. The summed E-state index contributed by atoms with van der Waals surface area (Å²) in [5.41, 5.74) is 4.17. The Morgan fingerprint density at radius 1 is 1.00 bits per heavy atom. The van der Waals surface area contributed by atoms with E-state index in [9.17, 15) is 0 Å². The number of nitrogens with zero attached hydrogens (tertiary/aromatic N) is 4. The zero-order valence-electron chi connectivity index (χ0n) is 19.5. The molecule has 2 aromatic carbocycles. The van der Waals surface area contributed by atoms with Gasteiger partial charge in [0.25, 0.3) is 0 Å². The van der Waals surface area contributed by atoms with E-state index in [4.69, 9.17) is 14.7 Å². The van der Waals surface area contributed by atoms with E-state index in [0.717, 1.165) is 46.9 Å². The number of ether oxygens (including phenoxy) is 1. The van der Waals surface area contributed by atoms with Crippen LogP contribution in [0.2, 0.25) is 0 Å². The average molecular weight is 455 g/mol. The van der Waals surface area contributed by atoms with E-state index < -0.39 is 0 Å². The van der Waals surface area contributed by atoms with Crippen LogP contribution in [0.25, 0.3) is 16.7 Å². The summed E-state index contributed by atoms with van der Waals surface area (Å²) in [6.07, 6.45) is 10.2. The van der Waals surface area contributed by atoms with Crippen molar-refractivity contribution in [3.05, 3.63) is 72.4 Å². The maximum atomic E-state index is 5.57. The number of hydrogen-bond acceptors (Lipinski definition) is 6. The van der Waals surface area contributed by atoms with Gasteiger partial charge in [0.15, 0.2) is 5.65 Å². The number of allylic oxidation sites excluding steroid dienone is 1. The highest BCUT2D eigenvalue weighted by Crippen LogP contribution is 2.28. The van der Waals surface area contributed by atoms with E-state index in [1.54, 1.807) is 0 Å². The summed E-state index contributed by atoms with van der Waals surface area (Å²) < 4.78 is 7.42. The van der Waals surface area contributed by atoms with Crippen molar-refractivity contribution in [2.45, 2.75) is 39.0 Å². The highest BCUT2D eigenvalue weighted by molar-refractivity contribution is 5.90. The van der Waals surface area contributed by atoms with E-state index in [0.29, 0.717) is 12.6 Å². The summed E-state index contributed by atoms with van der Waals surface area (Å²) in [5, 5.41) is 12.4. The molecule has 7 nitrogen and oxygen atoms in total. The van der Waals surface area contributed by atoms with Crippen molar-refractivity contribution in [1.29, 1.82) is 0 Å². The number of para-hydroxylation sites is 1. The van der Waals surface area contributed by atoms with E-state index in [-0.39, 0.29) is 0 Å². The van der Waals surface area contributed by atoms with Gasteiger partial charge < -0.3 is 15.4 Å². The highest BCUT2D eigenvalue weighted by atomic mass is 16.5. The molecule has 0 unspecified atom stereocenters. The Labute approximate surface area is 199 Å². The quantitative estimate of drug-likeness (QED) is 0.291. The second-order valence-electron chi connectivity index (χ2n) is 8.39. The van der Waals surface area contributed by atoms with Crippen molar-refractivity contribution >= 4 is 28.5 Å². The third kappa shape index (κ3) is 5.03. The molecule has 34 heavy (non-hydrogen) atoms. The van der Waals surface area contributed by atoms with E-state index in [1.807, 2.05) is 72.4 Å². The molecule has 1 aliphatic carbocycles. The predicted molar refractivity (Wildman–Crippen MR) is 137 cm³/mol.